The maximum Gasteiger partial charge on any atom is 0.00670 e. The molecule has 0 heterocycles. The van der Waals surface area contributed by atoms with Crippen molar-refractivity contribution >= 4 is 0 Å². The second kappa shape index (κ2) is 10.3. The molecule has 1 saturated carbocycles. The van der Waals surface area contributed by atoms with Crippen molar-refractivity contribution in [2.75, 3.05) is 6.54 Å². The summed E-state index contributed by atoms with van der Waals surface area (Å²) in [7, 11) is 0. The molecular formula is C16H27N. The Labute approximate surface area is 107 Å². The Morgan fingerprint density at radius 1 is 0.882 bits per heavy atom. The Morgan fingerprint density at radius 2 is 1.41 bits per heavy atom. The molecule has 0 amide bonds. The Balaban J connectivity index is 0.000000202. The van der Waals surface area contributed by atoms with Gasteiger partial charge in [0.2, 0.25) is 0 Å². The van der Waals surface area contributed by atoms with Crippen LogP contribution in [0, 0.1) is 0 Å². The van der Waals surface area contributed by atoms with Gasteiger partial charge in [-0.1, -0.05) is 69.0 Å². The zero-order chi connectivity index (χ0) is 12.2. The number of rotatable bonds is 4. The number of hydrogen-bond donors (Lipinski definition) is 1. The number of hydrogen-bond acceptors (Lipinski definition) is 1. The van der Waals surface area contributed by atoms with Crippen molar-refractivity contribution in [3.05, 3.63) is 36.4 Å². The Morgan fingerprint density at radius 3 is 1.88 bits per heavy atom. The third kappa shape index (κ3) is 7.98. The zero-order valence-corrected chi connectivity index (χ0v) is 11.2. The predicted octanol–water partition coefficient (Wildman–Crippen LogP) is 4.40. The Hall–Kier alpha value is -0.820. The summed E-state index contributed by atoms with van der Waals surface area (Å²) in [5.74, 6) is 0. The molecule has 17 heavy (non-hydrogen) atoms. The summed E-state index contributed by atoms with van der Waals surface area (Å²) in [6.45, 7) is 3.49. The molecule has 0 aliphatic heterocycles. The standard InChI is InChI=1S/C10H21N.C6H6/c1-2-3-9-11-10-7-5-4-6-8-10;1-2-4-6-5-3-1/h10-11H,2-9H2,1H3;1-6H. The average Bonchev–Trinajstić information content (AvgIpc) is 2.43. The molecular weight excluding hydrogens is 206 g/mol. The van der Waals surface area contributed by atoms with E-state index in [0.717, 1.165) is 6.04 Å². The molecule has 0 saturated heterocycles. The van der Waals surface area contributed by atoms with Gasteiger partial charge in [-0.3, -0.25) is 0 Å². The van der Waals surface area contributed by atoms with Crippen molar-refractivity contribution in [1.82, 2.24) is 5.32 Å². The van der Waals surface area contributed by atoms with E-state index < -0.39 is 0 Å². The molecule has 0 bridgehead atoms. The lowest BCUT2D eigenvalue weighted by Crippen LogP contribution is -2.31. The monoisotopic (exact) mass is 233 g/mol. The van der Waals surface area contributed by atoms with E-state index >= 15 is 0 Å². The summed E-state index contributed by atoms with van der Waals surface area (Å²) in [6.07, 6.45) is 9.86. The van der Waals surface area contributed by atoms with Gasteiger partial charge in [0.25, 0.3) is 0 Å². The van der Waals surface area contributed by atoms with Crippen LogP contribution in [0.4, 0.5) is 0 Å². The summed E-state index contributed by atoms with van der Waals surface area (Å²) in [5.41, 5.74) is 0. The van der Waals surface area contributed by atoms with E-state index in [1.54, 1.807) is 0 Å². The normalized spacial score (nSPS) is 16.1. The topological polar surface area (TPSA) is 12.0 Å². The van der Waals surface area contributed by atoms with Crippen molar-refractivity contribution in [1.29, 1.82) is 0 Å². The predicted molar refractivity (Wildman–Crippen MR) is 76.2 cm³/mol. The minimum absolute atomic E-state index is 0.857. The van der Waals surface area contributed by atoms with E-state index in [2.05, 4.69) is 12.2 Å². The van der Waals surface area contributed by atoms with Crippen LogP contribution in [0.1, 0.15) is 51.9 Å². The first-order valence-electron chi connectivity index (χ1n) is 7.17. The maximum absolute atomic E-state index is 3.62. The molecule has 1 aromatic rings. The molecule has 1 N–H and O–H groups in total. The molecule has 1 aliphatic rings. The smallest absolute Gasteiger partial charge is 0.00670 e. The van der Waals surface area contributed by atoms with E-state index in [-0.39, 0.29) is 0 Å². The highest BCUT2D eigenvalue weighted by Crippen LogP contribution is 2.17. The number of benzene rings is 1. The molecule has 0 radical (unpaired) electrons. The van der Waals surface area contributed by atoms with Crippen LogP contribution in [0.5, 0.6) is 0 Å². The third-order valence-corrected chi connectivity index (χ3v) is 3.24. The molecule has 1 fully saturated rings. The quantitative estimate of drug-likeness (QED) is 0.760. The van der Waals surface area contributed by atoms with Gasteiger partial charge < -0.3 is 5.32 Å². The highest BCUT2D eigenvalue weighted by atomic mass is 14.9. The molecule has 96 valence electrons. The lowest BCUT2D eigenvalue weighted by molar-refractivity contribution is 0.372. The minimum atomic E-state index is 0.857. The first-order valence-corrected chi connectivity index (χ1v) is 7.17. The Kier molecular flexibility index (Phi) is 8.66. The summed E-state index contributed by atoms with van der Waals surface area (Å²) in [5, 5.41) is 3.62. The average molecular weight is 233 g/mol. The van der Waals surface area contributed by atoms with Crippen LogP contribution in [0.25, 0.3) is 0 Å². The Bertz CT molecular complexity index is 212. The van der Waals surface area contributed by atoms with Crippen LogP contribution in [-0.2, 0) is 0 Å². The SMILES string of the molecule is CCCCNC1CCCCC1.c1ccccc1. The van der Waals surface area contributed by atoms with Crippen molar-refractivity contribution in [2.45, 2.75) is 57.9 Å². The second-order valence-electron chi connectivity index (χ2n) is 4.80. The molecule has 0 unspecified atom stereocenters. The zero-order valence-electron chi connectivity index (χ0n) is 11.2. The lowest BCUT2D eigenvalue weighted by Gasteiger charge is -2.22. The van der Waals surface area contributed by atoms with Gasteiger partial charge in [0.15, 0.2) is 0 Å². The van der Waals surface area contributed by atoms with Crippen LogP contribution in [0.15, 0.2) is 36.4 Å². The maximum atomic E-state index is 3.62. The van der Waals surface area contributed by atoms with Crippen molar-refractivity contribution in [3.63, 3.8) is 0 Å². The molecule has 1 heteroatoms. The van der Waals surface area contributed by atoms with Crippen LogP contribution >= 0.6 is 0 Å². The van der Waals surface area contributed by atoms with Crippen molar-refractivity contribution in [3.8, 4) is 0 Å². The van der Waals surface area contributed by atoms with Gasteiger partial charge in [-0.2, -0.15) is 0 Å². The van der Waals surface area contributed by atoms with Gasteiger partial charge in [-0.25, -0.2) is 0 Å². The highest BCUT2D eigenvalue weighted by molar-refractivity contribution is 4.99. The van der Waals surface area contributed by atoms with Crippen molar-refractivity contribution in [2.24, 2.45) is 0 Å². The van der Waals surface area contributed by atoms with E-state index in [9.17, 15) is 0 Å². The van der Waals surface area contributed by atoms with Gasteiger partial charge in [0, 0.05) is 6.04 Å². The van der Waals surface area contributed by atoms with Gasteiger partial charge >= 0.3 is 0 Å². The minimum Gasteiger partial charge on any atom is -0.314 e. The summed E-state index contributed by atoms with van der Waals surface area (Å²) >= 11 is 0. The van der Waals surface area contributed by atoms with E-state index in [1.807, 2.05) is 36.4 Å². The van der Waals surface area contributed by atoms with Crippen LogP contribution < -0.4 is 5.32 Å². The fourth-order valence-electron chi connectivity index (χ4n) is 2.17. The lowest BCUT2D eigenvalue weighted by atomic mass is 9.95. The molecule has 0 atom stereocenters. The van der Waals surface area contributed by atoms with Gasteiger partial charge in [-0.15, -0.1) is 0 Å². The van der Waals surface area contributed by atoms with E-state index in [4.69, 9.17) is 0 Å². The summed E-state index contributed by atoms with van der Waals surface area (Å²) in [6, 6.07) is 12.9. The second-order valence-corrected chi connectivity index (χ2v) is 4.80. The molecule has 0 spiro atoms. The fourth-order valence-corrected chi connectivity index (χ4v) is 2.17. The van der Waals surface area contributed by atoms with E-state index in [1.165, 1.54) is 51.5 Å². The largest absolute Gasteiger partial charge is 0.314 e. The van der Waals surface area contributed by atoms with Crippen LogP contribution in [0.3, 0.4) is 0 Å². The first-order chi connectivity index (χ1) is 8.43. The van der Waals surface area contributed by atoms with Gasteiger partial charge in [-0.05, 0) is 25.8 Å². The first kappa shape index (κ1) is 14.2. The number of unbranched alkanes of at least 4 members (excludes halogenated alkanes) is 1. The van der Waals surface area contributed by atoms with Crippen LogP contribution in [0.2, 0.25) is 0 Å². The van der Waals surface area contributed by atoms with Crippen molar-refractivity contribution < 1.29 is 0 Å². The molecule has 1 aliphatic carbocycles. The van der Waals surface area contributed by atoms with E-state index in [0.29, 0.717) is 0 Å². The summed E-state index contributed by atoms with van der Waals surface area (Å²) < 4.78 is 0. The van der Waals surface area contributed by atoms with Gasteiger partial charge in [0.05, 0.1) is 0 Å². The molecule has 1 nitrogen and oxygen atoms in total. The molecule has 1 aromatic carbocycles. The van der Waals surface area contributed by atoms with Crippen LogP contribution in [-0.4, -0.2) is 12.6 Å². The molecule has 2 rings (SSSR count). The summed E-state index contributed by atoms with van der Waals surface area (Å²) in [4.78, 5) is 0. The fraction of sp³-hybridized carbons (Fsp3) is 0.625. The molecule has 0 aromatic heterocycles. The highest BCUT2D eigenvalue weighted by Gasteiger charge is 2.11. The third-order valence-electron chi connectivity index (χ3n) is 3.24. The number of nitrogens with one attached hydrogen (secondary N) is 1. The van der Waals surface area contributed by atoms with Gasteiger partial charge in [0.1, 0.15) is 0 Å².